The zero-order valence-electron chi connectivity index (χ0n) is 18.1. The summed E-state index contributed by atoms with van der Waals surface area (Å²) in [6.45, 7) is 2.13. The first-order chi connectivity index (χ1) is 15.2. The van der Waals surface area contributed by atoms with Gasteiger partial charge in [-0.2, -0.15) is 0 Å². The molecule has 3 atom stereocenters. The predicted octanol–water partition coefficient (Wildman–Crippen LogP) is 5.69. The third kappa shape index (κ3) is 5.43. The standard InChI is InChI=1S/C28H33NO2/c30-27(23-15-7-2-8-16-23)25(28(31)24-17-9-3-10-18-24)21-26(22-13-5-1-6-14-22)29-19-11-4-12-20-29/h1-3,5-10,13-18,25-28,30-31H,4,11-12,19-21H2. The maximum atomic E-state index is 11.4. The molecule has 2 N–H and O–H groups in total. The molecule has 0 radical (unpaired) electrons. The Morgan fingerprint density at radius 1 is 0.581 bits per heavy atom. The monoisotopic (exact) mass is 415 g/mol. The van der Waals surface area contributed by atoms with E-state index in [-0.39, 0.29) is 12.0 Å². The molecular weight excluding hydrogens is 382 g/mol. The van der Waals surface area contributed by atoms with Crippen LogP contribution in [0.3, 0.4) is 0 Å². The Kier molecular flexibility index (Phi) is 7.52. The Bertz CT molecular complexity index is 849. The average molecular weight is 416 g/mol. The fourth-order valence-electron chi connectivity index (χ4n) is 4.88. The van der Waals surface area contributed by atoms with Crippen molar-refractivity contribution in [1.82, 2.24) is 4.90 Å². The largest absolute Gasteiger partial charge is 0.388 e. The van der Waals surface area contributed by atoms with Crippen LogP contribution in [-0.4, -0.2) is 28.2 Å². The minimum atomic E-state index is -0.743. The number of nitrogens with zero attached hydrogens (tertiary/aromatic N) is 1. The lowest BCUT2D eigenvalue weighted by molar-refractivity contribution is -0.0125. The van der Waals surface area contributed by atoms with E-state index in [1.165, 1.54) is 24.8 Å². The molecule has 0 saturated carbocycles. The van der Waals surface area contributed by atoms with Gasteiger partial charge in [0, 0.05) is 12.0 Å². The normalized spacial score (nSPS) is 18.8. The van der Waals surface area contributed by atoms with Crippen LogP contribution in [0.5, 0.6) is 0 Å². The van der Waals surface area contributed by atoms with Gasteiger partial charge in [0.05, 0.1) is 12.2 Å². The van der Waals surface area contributed by atoms with E-state index in [2.05, 4.69) is 29.2 Å². The van der Waals surface area contributed by atoms with Crippen LogP contribution in [0.4, 0.5) is 0 Å². The predicted molar refractivity (Wildman–Crippen MR) is 126 cm³/mol. The first-order valence-electron chi connectivity index (χ1n) is 11.5. The highest BCUT2D eigenvalue weighted by Gasteiger charge is 2.34. The van der Waals surface area contributed by atoms with Gasteiger partial charge in [0.15, 0.2) is 0 Å². The number of likely N-dealkylation sites (tertiary alicyclic amines) is 1. The van der Waals surface area contributed by atoms with E-state index in [4.69, 9.17) is 0 Å². The fraction of sp³-hybridized carbons (Fsp3) is 0.357. The van der Waals surface area contributed by atoms with Gasteiger partial charge in [0.25, 0.3) is 0 Å². The van der Waals surface area contributed by atoms with Gasteiger partial charge in [-0.15, -0.1) is 0 Å². The molecule has 1 aliphatic rings. The zero-order valence-corrected chi connectivity index (χ0v) is 18.1. The van der Waals surface area contributed by atoms with E-state index in [1.54, 1.807) is 0 Å². The molecule has 0 aromatic heterocycles. The van der Waals surface area contributed by atoms with Gasteiger partial charge in [0.1, 0.15) is 0 Å². The van der Waals surface area contributed by atoms with Gasteiger partial charge in [-0.1, -0.05) is 97.4 Å². The number of rotatable bonds is 8. The Balaban J connectivity index is 1.68. The minimum Gasteiger partial charge on any atom is -0.388 e. The van der Waals surface area contributed by atoms with E-state index in [9.17, 15) is 10.2 Å². The Labute approximate surface area is 186 Å². The van der Waals surface area contributed by atoms with E-state index >= 15 is 0 Å². The summed E-state index contributed by atoms with van der Waals surface area (Å²) in [6, 6.07) is 30.3. The molecule has 3 aromatic rings. The summed E-state index contributed by atoms with van der Waals surface area (Å²) in [5.41, 5.74) is 2.97. The van der Waals surface area contributed by atoms with Crippen molar-refractivity contribution in [2.24, 2.45) is 5.92 Å². The maximum Gasteiger partial charge on any atom is 0.0847 e. The SMILES string of the molecule is OC(c1ccccc1)C(CC(c1ccccc1)N1CCCCC1)C(O)c1ccccc1. The summed E-state index contributed by atoms with van der Waals surface area (Å²) in [5, 5.41) is 22.9. The lowest BCUT2D eigenvalue weighted by atomic mass is 9.80. The van der Waals surface area contributed by atoms with Crippen LogP contribution in [0.25, 0.3) is 0 Å². The molecule has 0 spiro atoms. The fourth-order valence-corrected chi connectivity index (χ4v) is 4.88. The van der Waals surface area contributed by atoms with Crippen LogP contribution < -0.4 is 0 Å². The lowest BCUT2D eigenvalue weighted by Gasteiger charge is -2.39. The Morgan fingerprint density at radius 2 is 1.00 bits per heavy atom. The second-order valence-electron chi connectivity index (χ2n) is 8.63. The average Bonchev–Trinajstić information content (AvgIpc) is 2.86. The van der Waals surface area contributed by atoms with E-state index in [0.717, 1.165) is 24.2 Å². The van der Waals surface area contributed by atoms with Crippen molar-refractivity contribution < 1.29 is 10.2 Å². The molecule has 3 nitrogen and oxygen atoms in total. The van der Waals surface area contributed by atoms with Crippen molar-refractivity contribution in [3.05, 3.63) is 108 Å². The van der Waals surface area contributed by atoms with Crippen molar-refractivity contribution in [1.29, 1.82) is 0 Å². The number of hydrogen-bond donors (Lipinski definition) is 2. The summed E-state index contributed by atoms with van der Waals surface area (Å²) in [7, 11) is 0. The van der Waals surface area contributed by atoms with Gasteiger partial charge < -0.3 is 10.2 Å². The highest BCUT2D eigenvalue weighted by atomic mass is 16.3. The van der Waals surface area contributed by atoms with Crippen LogP contribution in [0.1, 0.15) is 60.6 Å². The highest BCUT2D eigenvalue weighted by molar-refractivity contribution is 5.24. The number of piperidine rings is 1. The van der Waals surface area contributed by atoms with E-state index in [0.29, 0.717) is 6.42 Å². The molecule has 1 aliphatic heterocycles. The topological polar surface area (TPSA) is 43.7 Å². The quantitative estimate of drug-likeness (QED) is 0.497. The molecule has 3 aromatic carbocycles. The molecule has 162 valence electrons. The molecule has 31 heavy (non-hydrogen) atoms. The summed E-state index contributed by atoms with van der Waals surface area (Å²) in [4.78, 5) is 2.54. The maximum absolute atomic E-state index is 11.4. The van der Waals surface area contributed by atoms with Crippen molar-refractivity contribution in [3.8, 4) is 0 Å². The number of benzene rings is 3. The van der Waals surface area contributed by atoms with Crippen LogP contribution in [0.15, 0.2) is 91.0 Å². The molecule has 1 fully saturated rings. The third-order valence-electron chi connectivity index (χ3n) is 6.60. The third-order valence-corrected chi connectivity index (χ3v) is 6.60. The second-order valence-corrected chi connectivity index (χ2v) is 8.63. The lowest BCUT2D eigenvalue weighted by Crippen LogP contribution is -2.36. The number of hydrogen-bond acceptors (Lipinski definition) is 3. The Hall–Kier alpha value is -2.46. The zero-order chi connectivity index (χ0) is 21.5. The minimum absolute atomic E-state index is 0.170. The van der Waals surface area contributed by atoms with Crippen molar-refractivity contribution in [3.63, 3.8) is 0 Å². The summed E-state index contributed by atoms with van der Waals surface area (Å²) < 4.78 is 0. The van der Waals surface area contributed by atoms with Crippen LogP contribution in [0, 0.1) is 5.92 Å². The van der Waals surface area contributed by atoms with Crippen molar-refractivity contribution >= 4 is 0 Å². The molecule has 4 rings (SSSR count). The molecule has 1 heterocycles. The smallest absolute Gasteiger partial charge is 0.0847 e. The molecule has 0 aliphatic carbocycles. The van der Waals surface area contributed by atoms with Gasteiger partial charge in [0.2, 0.25) is 0 Å². The van der Waals surface area contributed by atoms with Crippen molar-refractivity contribution in [2.45, 2.75) is 43.9 Å². The van der Waals surface area contributed by atoms with Gasteiger partial charge in [-0.25, -0.2) is 0 Å². The van der Waals surface area contributed by atoms with Gasteiger partial charge in [-0.05, 0) is 49.0 Å². The van der Waals surface area contributed by atoms with E-state index in [1.807, 2.05) is 66.7 Å². The highest BCUT2D eigenvalue weighted by Crippen LogP contribution is 2.41. The van der Waals surface area contributed by atoms with E-state index < -0.39 is 12.2 Å². The molecule has 3 unspecified atom stereocenters. The summed E-state index contributed by atoms with van der Waals surface area (Å²) in [6.07, 6.45) is 2.89. The van der Waals surface area contributed by atoms with Gasteiger partial charge in [-0.3, -0.25) is 4.90 Å². The van der Waals surface area contributed by atoms with Gasteiger partial charge >= 0.3 is 0 Å². The molecule has 0 amide bonds. The summed E-state index contributed by atoms with van der Waals surface area (Å²) in [5.74, 6) is -0.322. The first-order valence-corrected chi connectivity index (χ1v) is 11.5. The van der Waals surface area contributed by atoms with Crippen molar-refractivity contribution in [2.75, 3.05) is 13.1 Å². The summed E-state index contributed by atoms with van der Waals surface area (Å²) >= 11 is 0. The molecule has 3 heteroatoms. The molecule has 1 saturated heterocycles. The second kappa shape index (κ2) is 10.7. The number of aliphatic hydroxyl groups is 2. The van der Waals surface area contributed by atoms with Crippen LogP contribution in [-0.2, 0) is 0 Å². The Morgan fingerprint density at radius 3 is 1.45 bits per heavy atom. The molecular formula is C28H33NO2. The van der Waals surface area contributed by atoms with Crippen LogP contribution in [0.2, 0.25) is 0 Å². The first kappa shape index (κ1) is 21.8. The molecule has 0 bridgehead atoms. The van der Waals surface area contributed by atoms with Crippen LogP contribution >= 0.6 is 0 Å². The number of aliphatic hydroxyl groups excluding tert-OH is 2.